The average Bonchev–Trinajstić information content (AvgIpc) is 3.18. The van der Waals surface area contributed by atoms with Crippen LogP contribution in [0.4, 0.5) is 0 Å². The molecule has 0 unspecified atom stereocenters. The molecule has 28 heavy (non-hydrogen) atoms. The molecule has 1 aromatic rings. The molecule has 154 valence electrons. The van der Waals surface area contributed by atoms with Crippen LogP contribution in [-0.2, 0) is 31.2 Å². The van der Waals surface area contributed by atoms with Gasteiger partial charge in [-0.15, -0.1) is 0 Å². The number of hydrogen-bond donors (Lipinski definition) is 0. The van der Waals surface area contributed by atoms with E-state index in [1.165, 1.54) is 0 Å². The predicted molar refractivity (Wildman–Crippen MR) is 101 cm³/mol. The van der Waals surface area contributed by atoms with Crippen LogP contribution in [0.5, 0.6) is 0 Å². The Morgan fingerprint density at radius 2 is 1.89 bits per heavy atom. The van der Waals surface area contributed by atoms with Gasteiger partial charge in [0.05, 0.1) is 19.8 Å². The summed E-state index contributed by atoms with van der Waals surface area (Å²) in [7, 11) is 0. The zero-order valence-corrected chi connectivity index (χ0v) is 16.8. The lowest BCUT2D eigenvalue weighted by atomic mass is 9.88. The van der Waals surface area contributed by atoms with E-state index in [1.54, 1.807) is 6.20 Å². The smallest absolute Gasteiger partial charge is 0.253 e. The molecule has 1 spiro atoms. The van der Waals surface area contributed by atoms with Gasteiger partial charge in [0.2, 0.25) is 5.91 Å². The summed E-state index contributed by atoms with van der Waals surface area (Å²) >= 11 is 0. The Bertz CT molecular complexity index is 718. The van der Waals surface area contributed by atoms with Crippen LogP contribution in [0.3, 0.4) is 0 Å². The third kappa shape index (κ3) is 3.67. The van der Waals surface area contributed by atoms with Gasteiger partial charge in [-0.3, -0.25) is 9.59 Å². The van der Waals surface area contributed by atoms with Crippen molar-refractivity contribution in [2.45, 2.75) is 51.4 Å². The maximum Gasteiger partial charge on any atom is 0.253 e. The molecule has 1 atom stereocenters. The minimum atomic E-state index is -0.594. The number of hydrogen-bond acceptors (Lipinski definition) is 5. The number of nitrogens with zero attached hydrogens (tertiary/aromatic N) is 4. The number of amides is 2. The van der Waals surface area contributed by atoms with E-state index < -0.39 is 11.7 Å². The summed E-state index contributed by atoms with van der Waals surface area (Å²) in [6, 6.07) is 0. The number of carbonyl (C=O) groups is 2. The molecular weight excluding hydrogens is 360 g/mol. The summed E-state index contributed by atoms with van der Waals surface area (Å²) in [5.41, 5.74) is -0.594. The third-order valence-electron chi connectivity index (χ3n) is 5.96. The molecule has 3 aliphatic rings. The fraction of sp³-hybridized carbons (Fsp3) is 0.750. The molecule has 8 heteroatoms. The summed E-state index contributed by atoms with van der Waals surface area (Å²) in [4.78, 5) is 33.8. The van der Waals surface area contributed by atoms with Crippen molar-refractivity contribution in [2.75, 3.05) is 39.4 Å². The van der Waals surface area contributed by atoms with E-state index >= 15 is 0 Å². The third-order valence-corrected chi connectivity index (χ3v) is 5.96. The van der Waals surface area contributed by atoms with Crippen LogP contribution in [-0.4, -0.2) is 76.7 Å². The highest BCUT2D eigenvalue weighted by Gasteiger charge is 2.48. The molecule has 3 aliphatic heterocycles. The van der Waals surface area contributed by atoms with Crippen LogP contribution in [0.2, 0.25) is 0 Å². The Hall–Kier alpha value is -1.93. The molecule has 2 saturated heterocycles. The Kier molecular flexibility index (Phi) is 5.42. The number of imidazole rings is 1. The van der Waals surface area contributed by atoms with Crippen molar-refractivity contribution in [3.8, 4) is 0 Å². The first-order chi connectivity index (χ1) is 13.5. The topological polar surface area (TPSA) is 76.9 Å². The largest absolute Gasteiger partial charge is 0.378 e. The quantitative estimate of drug-likeness (QED) is 0.770. The summed E-state index contributed by atoms with van der Waals surface area (Å²) in [5.74, 6) is 1.46. The van der Waals surface area contributed by atoms with Gasteiger partial charge in [0.15, 0.2) is 6.10 Å². The van der Waals surface area contributed by atoms with Gasteiger partial charge in [0.25, 0.3) is 5.91 Å². The minimum Gasteiger partial charge on any atom is -0.378 e. The highest BCUT2D eigenvalue weighted by atomic mass is 16.5. The van der Waals surface area contributed by atoms with Crippen LogP contribution in [0.1, 0.15) is 38.9 Å². The van der Waals surface area contributed by atoms with Gasteiger partial charge in [0.1, 0.15) is 11.4 Å². The molecule has 0 saturated carbocycles. The van der Waals surface area contributed by atoms with Crippen LogP contribution in [0.15, 0.2) is 12.4 Å². The van der Waals surface area contributed by atoms with Gasteiger partial charge in [0, 0.05) is 57.8 Å². The summed E-state index contributed by atoms with van der Waals surface area (Å²) < 4.78 is 13.9. The zero-order chi connectivity index (χ0) is 19.7. The van der Waals surface area contributed by atoms with Gasteiger partial charge in [-0.1, -0.05) is 13.8 Å². The minimum absolute atomic E-state index is 0.0281. The van der Waals surface area contributed by atoms with Gasteiger partial charge in [-0.25, -0.2) is 4.98 Å². The van der Waals surface area contributed by atoms with Crippen LogP contribution in [0.25, 0.3) is 0 Å². The number of aromatic nitrogens is 2. The molecule has 8 nitrogen and oxygen atoms in total. The highest BCUT2D eigenvalue weighted by Crippen LogP contribution is 2.40. The second-order valence-electron chi connectivity index (χ2n) is 8.42. The fourth-order valence-electron chi connectivity index (χ4n) is 4.45. The molecule has 4 rings (SSSR count). The molecule has 0 radical (unpaired) electrons. The highest BCUT2D eigenvalue weighted by molar-refractivity contribution is 5.81. The monoisotopic (exact) mass is 390 g/mol. The molecule has 0 aliphatic carbocycles. The van der Waals surface area contributed by atoms with Crippen LogP contribution < -0.4 is 0 Å². The summed E-state index contributed by atoms with van der Waals surface area (Å²) in [6.07, 6.45) is 5.09. The number of piperidine rings is 1. The Morgan fingerprint density at radius 1 is 1.18 bits per heavy atom. The Labute approximate surface area is 165 Å². The van der Waals surface area contributed by atoms with Gasteiger partial charge in [-0.05, 0) is 5.92 Å². The lowest BCUT2D eigenvalue weighted by Gasteiger charge is -2.46. The predicted octanol–water partition coefficient (Wildman–Crippen LogP) is 1.00. The maximum atomic E-state index is 13.1. The van der Waals surface area contributed by atoms with Gasteiger partial charge in [-0.2, -0.15) is 0 Å². The molecule has 2 fully saturated rings. The van der Waals surface area contributed by atoms with Crippen molar-refractivity contribution in [2.24, 2.45) is 5.92 Å². The van der Waals surface area contributed by atoms with E-state index in [0.717, 1.165) is 5.82 Å². The van der Waals surface area contributed by atoms with Crippen molar-refractivity contribution in [1.29, 1.82) is 0 Å². The molecule has 1 aromatic heterocycles. The first kappa shape index (κ1) is 19.4. The average molecular weight is 390 g/mol. The first-order valence-electron chi connectivity index (χ1n) is 10.3. The van der Waals surface area contributed by atoms with Crippen molar-refractivity contribution in [3.05, 3.63) is 18.2 Å². The molecular formula is C20H30N4O4. The van der Waals surface area contributed by atoms with Crippen LogP contribution in [0, 0.1) is 5.92 Å². The SMILES string of the molecule is CC(C)CC(=O)N1CCC2(CC1)O[C@@H](C(=O)N1CCOCC1)Cn1ccnc12. The molecule has 4 heterocycles. The molecule has 2 amide bonds. The number of rotatable bonds is 3. The number of carbonyl (C=O) groups excluding carboxylic acids is 2. The van der Waals surface area contributed by atoms with E-state index in [2.05, 4.69) is 23.4 Å². The van der Waals surface area contributed by atoms with Crippen LogP contribution >= 0.6 is 0 Å². The van der Waals surface area contributed by atoms with Crippen molar-refractivity contribution in [3.63, 3.8) is 0 Å². The first-order valence-corrected chi connectivity index (χ1v) is 10.3. The normalized spacial score (nSPS) is 24.5. The van der Waals surface area contributed by atoms with Crippen molar-refractivity contribution >= 4 is 11.8 Å². The van der Waals surface area contributed by atoms with E-state index in [9.17, 15) is 9.59 Å². The number of fused-ring (bicyclic) bond motifs is 2. The lowest BCUT2D eigenvalue weighted by molar-refractivity contribution is -0.185. The standard InChI is InChI=1S/C20H30N4O4/c1-15(2)13-17(25)22-6-3-20(4-7-22)19-21-5-8-24(19)14-16(28-20)18(26)23-9-11-27-12-10-23/h5,8,15-16H,3-4,6-7,9-14H2,1-2H3/t16-/m1/s1. The molecule has 0 bridgehead atoms. The van der Waals surface area contributed by atoms with E-state index in [-0.39, 0.29) is 11.8 Å². The van der Waals surface area contributed by atoms with E-state index in [1.807, 2.05) is 16.0 Å². The second-order valence-corrected chi connectivity index (χ2v) is 8.42. The van der Waals surface area contributed by atoms with E-state index in [4.69, 9.17) is 9.47 Å². The Morgan fingerprint density at radius 3 is 2.57 bits per heavy atom. The fourth-order valence-corrected chi connectivity index (χ4v) is 4.45. The van der Waals surface area contributed by atoms with Crippen molar-refractivity contribution in [1.82, 2.24) is 19.4 Å². The zero-order valence-electron chi connectivity index (χ0n) is 16.8. The Balaban J connectivity index is 1.49. The lowest BCUT2D eigenvalue weighted by Crippen LogP contribution is -2.56. The second kappa shape index (κ2) is 7.83. The number of ether oxygens (including phenoxy) is 2. The summed E-state index contributed by atoms with van der Waals surface area (Å²) in [5, 5.41) is 0. The number of morpholine rings is 1. The van der Waals surface area contributed by atoms with Gasteiger partial charge >= 0.3 is 0 Å². The number of likely N-dealkylation sites (tertiary alicyclic amines) is 1. The van der Waals surface area contributed by atoms with Gasteiger partial charge < -0.3 is 23.8 Å². The maximum absolute atomic E-state index is 13.1. The molecule has 0 aromatic carbocycles. The summed E-state index contributed by atoms with van der Waals surface area (Å²) in [6.45, 7) is 8.26. The van der Waals surface area contributed by atoms with E-state index in [0.29, 0.717) is 71.1 Å². The molecule has 0 N–H and O–H groups in total. The van der Waals surface area contributed by atoms with Crippen molar-refractivity contribution < 1.29 is 19.1 Å².